The van der Waals surface area contributed by atoms with Crippen LogP contribution in [0.2, 0.25) is 0 Å². The molecule has 2 N–H and O–H groups in total. The van der Waals surface area contributed by atoms with Gasteiger partial charge in [-0.2, -0.15) is 5.10 Å². The highest BCUT2D eigenvalue weighted by molar-refractivity contribution is 5.97. The van der Waals surface area contributed by atoms with Crippen molar-refractivity contribution >= 4 is 17.5 Å². The Bertz CT molecular complexity index is 512. The highest BCUT2D eigenvalue weighted by atomic mass is 16.5. The summed E-state index contributed by atoms with van der Waals surface area (Å²) in [6.45, 7) is 1.33. The Labute approximate surface area is 123 Å². The summed E-state index contributed by atoms with van der Waals surface area (Å²) in [5, 5.41) is 4.05. The summed E-state index contributed by atoms with van der Waals surface area (Å²) in [5.74, 6) is -0.212. The number of anilines is 1. The van der Waals surface area contributed by atoms with Crippen LogP contribution in [0.5, 0.6) is 0 Å². The average molecular weight is 295 g/mol. The van der Waals surface area contributed by atoms with Gasteiger partial charge in [-0.05, 0) is 0 Å². The summed E-state index contributed by atoms with van der Waals surface area (Å²) in [6.07, 6.45) is 3.33. The first-order valence-corrected chi connectivity index (χ1v) is 6.84. The topological polar surface area (TPSA) is 93.7 Å². The Kier molecular flexibility index (Phi) is 4.92. The van der Waals surface area contributed by atoms with Crippen molar-refractivity contribution in [3.63, 3.8) is 0 Å². The van der Waals surface area contributed by atoms with Crippen LogP contribution >= 0.6 is 0 Å². The first-order chi connectivity index (χ1) is 10.0. The maximum Gasteiger partial charge on any atom is 0.246 e. The van der Waals surface area contributed by atoms with Crippen LogP contribution in [0.15, 0.2) is 12.4 Å². The van der Waals surface area contributed by atoms with Crippen LogP contribution in [0, 0.1) is 0 Å². The minimum Gasteiger partial charge on any atom is -0.380 e. The van der Waals surface area contributed by atoms with E-state index >= 15 is 0 Å². The molecule has 1 fully saturated rings. The van der Waals surface area contributed by atoms with Crippen molar-refractivity contribution in [3.05, 3.63) is 12.4 Å². The van der Waals surface area contributed by atoms with Crippen LogP contribution in [0.25, 0.3) is 0 Å². The van der Waals surface area contributed by atoms with Crippen LogP contribution in [-0.2, 0) is 21.4 Å². The van der Waals surface area contributed by atoms with Crippen molar-refractivity contribution in [1.82, 2.24) is 14.7 Å². The lowest BCUT2D eigenvalue weighted by atomic mass is 10.2. The zero-order valence-corrected chi connectivity index (χ0v) is 12.4. The molecule has 116 valence electrons. The van der Waals surface area contributed by atoms with E-state index in [9.17, 15) is 9.59 Å². The lowest BCUT2D eigenvalue weighted by Gasteiger charge is -2.34. The third kappa shape index (κ3) is 3.59. The van der Waals surface area contributed by atoms with Gasteiger partial charge < -0.3 is 20.3 Å². The summed E-state index contributed by atoms with van der Waals surface area (Å²) < 4.78 is 6.75. The van der Waals surface area contributed by atoms with Crippen molar-refractivity contribution < 1.29 is 14.3 Å². The second-order valence-corrected chi connectivity index (χ2v) is 5.03. The molecule has 8 heteroatoms. The van der Waals surface area contributed by atoms with E-state index in [0.29, 0.717) is 13.1 Å². The van der Waals surface area contributed by atoms with E-state index in [-0.39, 0.29) is 37.4 Å². The Morgan fingerprint density at radius 1 is 1.52 bits per heavy atom. The molecule has 0 saturated carbocycles. The second-order valence-electron chi connectivity index (χ2n) is 5.03. The molecular formula is C13H21N5O3. The number of piperazine rings is 1. The molecular weight excluding hydrogens is 274 g/mol. The number of aromatic nitrogens is 2. The molecule has 1 unspecified atom stereocenters. The second kappa shape index (κ2) is 6.68. The summed E-state index contributed by atoms with van der Waals surface area (Å²) >= 11 is 0. The van der Waals surface area contributed by atoms with Crippen molar-refractivity contribution in [2.45, 2.75) is 12.5 Å². The first-order valence-electron chi connectivity index (χ1n) is 6.84. The van der Waals surface area contributed by atoms with Crippen LogP contribution in [0.1, 0.15) is 6.42 Å². The molecule has 1 aliphatic heterocycles. The van der Waals surface area contributed by atoms with Gasteiger partial charge in [0.2, 0.25) is 11.8 Å². The number of hydrogen-bond donors (Lipinski definition) is 1. The zero-order valence-electron chi connectivity index (χ0n) is 12.4. The molecule has 0 spiro atoms. The van der Waals surface area contributed by atoms with Gasteiger partial charge in [-0.3, -0.25) is 14.3 Å². The van der Waals surface area contributed by atoms with Crippen molar-refractivity contribution in [2.75, 3.05) is 38.2 Å². The highest BCUT2D eigenvalue weighted by Gasteiger charge is 2.29. The largest absolute Gasteiger partial charge is 0.380 e. The molecule has 0 aliphatic carbocycles. The van der Waals surface area contributed by atoms with Crippen molar-refractivity contribution in [2.24, 2.45) is 12.8 Å². The Morgan fingerprint density at radius 2 is 2.29 bits per heavy atom. The smallest absolute Gasteiger partial charge is 0.246 e. The Morgan fingerprint density at radius 3 is 2.81 bits per heavy atom. The molecule has 8 nitrogen and oxygen atoms in total. The van der Waals surface area contributed by atoms with Gasteiger partial charge in [0.05, 0.1) is 24.4 Å². The van der Waals surface area contributed by atoms with E-state index in [0.717, 1.165) is 5.69 Å². The summed E-state index contributed by atoms with van der Waals surface area (Å²) in [4.78, 5) is 27.5. The molecule has 1 saturated heterocycles. The third-order valence-corrected chi connectivity index (χ3v) is 3.57. The van der Waals surface area contributed by atoms with Gasteiger partial charge in [-0.15, -0.1) is 0 Å². The van der Waals surface area contributed by atoms with Gasteiger partial charge in [0.15, 0.2) is 0 Å². The predicted octanol–water partition coefficient (Wildman–Crippen LogP) is -1.04. The number of carbonyl (C=O) groups excluding carboxylic acids is 2. The number of methoxy groups -OCH3 is 1. The molecule has 1 aromatic heterocycles. The van der Waals surface area contributed by atoms with Crippen LogP contribution in [0.3, 0.4) is 0 Å². The van der Waals surface area contributed by atoms with E-state index < -0.39 is 0 Å². The molecule has 1 aromatic rings. The van der Waals surface area contributed by atoms with Gasteiger partial charge in [-0.25, -0.2) is 0 Å². The van der Waals surface area contributed by atoms with Gasteiger partial charge in [0, 0.05) is 40.0 Å². The number of nitrogens with two attached hydrogens (primary N) is 1. The molecule has 21 heavy (non-hydrogen) atoms. The summed E-state index contributed by atoms with van der Waals surface area (Å²) in [7, 11) is 3.32. The molecule has 0 aromatic carbocycles. The fraction of sp³-hybridized carbons (Fsp3) is 0.615. The van der Waals surface area contributed by atoms with E-state index in [1.807, 2.05) is 0 Å². The standard InChI is InChI=1S/C13H21N5O3/c1-16-8-10(7-15-16)18-4-3-17(9-13(18)20)12(19)5-11(6-14)21-2/h7-8,11H,3-6,9,14H2,1-2H3. The maximum absolute atomic E-state index is 12.2. The minimum absolute atomic E-state index is 0.0781. The van der Waals surface area contributed by atoms with Crippen molar-refractivity contribution in [1.29, 1.82) is 0 Å². The third-order valence-electron chi connectivity index (χ3n) is 3.57. The zero-order chi connectivity index (χ0) is 15.4. The molecule has 0 radical (unpaired) electrons. The summed E-state index contributed by atoms with van der Waals surface area (Å²) in [6, 6.07) is 0. The lowest BCUT2D eigenvalue weighted by molar-refractivity contribution is -0.138. The number of hydrogen-bond acceptors (Lipinski definition) is 5. The lowest BCUT2D eigenvalue weighted by Crippen LogP contribution is -2.53. The Hall–Kier alpha value is -1.93. The molecule has 1 atom stereocenters. The molecule has 2 heterocycles. The number of ether oxygens (including phenoxy) is 1. The van der Waals surface area contributed by atoms with Crippen LogP contribution < -0.4 is 10.6 Å². The number of nitrogens with zero attached hydrogens (tertiary/aromatic N) is 4. The van der Waals surface area contributed by atoms with Crippen LogP contribution in [-0.4, -0.2) is 65.9 Å². The average Bonchev–Trinajstić information content (AvgIpc) is 2.90. The molecule has 2 amide bonds. The van der Waals surface area contributed by atoms with Crippen LogP contribution in [0.4, 0.5) is 5.69 Å². The number of aryl methyl sites for hydroxylation is 1. The minimum atomic E-state index is -0.302. The summed E-state index contributed by atoms with van der Waals surface area (Å²) in [5.41, 5.74) is 6.26. The fourth-order valence-corrected chi connectivity index (χ4v) is 2.29. The van der Waals surface area contributed by atoms with E-state index in [1.165, 1.54) is 7.11 Å². The fourth-order valence-electron chi connectivity index (χ4n) is 2.29. The first kappa shape index (κ1) is 15.5. The normalized spacial score (nSPS) is 17.2. The highest BCUT2D eigenvalue weighted by Crippen LogP contribution is 2.16. The van der Waals surface area contributed by atoms with Gasteiger partial charge >= 0.3 is 0 Å². The maximum atomic E-state index is 12.2. The molecule has 0 bridgehead atoms. The molecule has 2 rings (SSSR count). The monoisotopic (exact) mass is 295 g/mol. The van der Waals surface area contributed by atoms with E-state index in [1.54, 1.807) is 33.9 Å². The number of rotatable bonds is 5. The SMILES string of the molecule is COC(CN)CC(=O)N1CCN(c2cnn(C)c2)C(=O)C1. The van der Waals surface area contributed by atoms with E-state index in [2.05, 4.69) is 5.10 Å². The van der Waals surface area contributed by atoms with Gasteiger partial charge in [0.25, 0.3) is 0 Å². The van der Waals surface area contributed by atoms with E-state index in [4.69, 9.17) is 10.5 Å². The number of carbonyl (C=O) groups is 2. The quantitative estimate of drug-likeness (QED) is 0.749. The number of amides is 2. The van der Waals surface area contributed by atoms with Crippen molar-refractivity contribution in [3.8, 4) is 0 Å². The predicted molar refractivity (Wildman–Crippen MR) is 76.6 cm³/mol. The molecule has 1 aliphatic rings. The van der Waals surface area contributed by atoms with Gasteiger partial charge in [0.1, 0.15) is 6.54 Å². The Balaban J connectivity index is 1.94. The van der Waals surface area contributed by atoms with Gasteiger partial charge in [-0.1, -0.05) is 0 Å².